The van der Waals surface area contributed by atoms with Crippen LogP contribution in [0.4, 0.5) is 0 Å². The number of hydrogen-bond acceptors (Lipinski definition) is 2. The molecule has 2 aliphatic carbocycles. The van der Waals surface area contributed by atoms with Gasteiger partial charge in [0, 0.05) is 0 Å². The number of carbonyl (C=O) groups is 1. The molecule has 2 aliphatic rings. The molecule has 0 aromatic rings. The maximum absolute atomic E-state index is 11.2. The number of hydrogen-bond donors (Lipinski definition) is 2. The maximum Gasteiger partial charge on any atom is 0.309 e. The van der Waals surface area contributed by atoms with E-state index in [0.717, 1.165) is 44.9 Å². The van der Waals surface area contributed by atoms with E-state index in [2.05, 4.69) is 0 Å². The molecule has 0 aliphatic heterocycles. The Morgan fingerprint density at radius 1 is 1.06 bits per heavy atom. The number of aliphatic carboxylic acids is 1. The molecule has 3 nitrogen and oxygen atoms in total. The van der Waals surface area contributed by atoms with Crippen molar-refractivity contribution in [3.8, 4) is 0 Å². The van der Waals surface area contributed by atoms with Gasteiger partial charge in [0.25, 0.3) is 0 Å². The molecule has 0 aromatic heterocycles. The summed E-state index contributed by atoms with van der Waals surface area (Å²) in [6.07, 6.45) is 8.12. The third kappa shape index (κ3) is 1.56. The molecule has 2 N–H and O–H groups in total. The largest absolute Gasteiger partial charge is 0.481 e. The first kappa shape index (κ1) is 11.9. The van der Waals surface area contributed by atoms with Gasteiger partial charge in [-0.25, -0.2) is 0 Å². The average Bonchev–Trinajstić information content (AvgIpc) is 2.71. The lowest BCUT2D eigenvalue weighted by atomic mass is 9.57. The van der Waals surface area contributed by atoms with Crippen molar-refractivity contribution in [2.75, 3.05) is 0 Å². The predicted octanol–water partition coefficient (Wildman–Crippen LogP) is 2.57. The van der Waals surface area contributed by atoms with Gasteiger partial charge in [-0.15, -0.1) is 0 Å². The molecule has 0 heterocycles. The van der Waals surface area contributed by atoms with Crippen LogP contribution in [0.15, 0.2) is 0 Å². The number of aliphatic hydroxyl groups is 1. The summed E-state index contributed by atoms with van der Waals surface area (Å²) in [6.45, 7) is 1.67. The molecule has 2 unspecified atom stereocenters. The first-order chi connectivity index (χ1) is 7.52. The Hall–Kier alpha value is -0.570. The Morgan fingerprint density at radius 2 is 1.50 bits per heavy atom. The normalized spacial score (nSPS) is 35.1. The third-order valence-corrected chi connectivity index (χ3v) is 5.03. The second-order valence-electron chi connectivity index (χ2n) is 5.68. The molecule has 3 heteroatoms. The predicted molar refractivity (Wildman–Crippen MR) is 61.1 cm³/mol. The minimum atomic E-state index is -0.965. The lowest BCUT2D eigenvalue weighted by molar-refractivity contribution is -0.176. The van der Waals surface area contributed by atoms with Crippen molar-refractivity contribution < 1.29 is 15.0 Å². The highest BCUT2D eigenvalue weighted by molar-refractivity contribution is 5.71. The summed E-state index contributed by atoms with van der Waals surface area (Å²) >= 11 is 0. The van der Waals surface area contributed by atoms with Crippen LogP contribution >= 0.6 is 0 Å². The summed E-state index contributed by atoms with van der Waals surface area (Å²) < 4.78 is 0. The molecule has 2 fully saturated rings. The Kier molecular flexibility index (Phi) is 2.99. The molecule has 2 rings (SSSR count). The number of carboxylic acids is 1. The van der Waals surface area contributed by atoms with Crippen molar-refractivity contribution in [2.24, 2.45) is 11.3 Å². The third-order valence-electron chi connectivity index (χ3n) is 5.03. The molecular formula is C13H22O3. The molecule has 0 saturated heterocycles. The smallest absolute Gasteiger partial charge is 0.309 e. The van der Waals surface area contributed by atoms with Crippen molar-refractivity contribution in [3.63, 3.8) is 0 Å². The maximum atomic E-state index is 11.2. The van der Waals surface area contributed by atoms with Crippen molar-refractivity contribution in [2.45, 2.75) is 63.9 Å². The minimum absolute atomic E-state index is 0.0942. The first-order valence-corrected chi connectivity index (χ1v) is 6.47. The summed E-state index contributed by atoms with van der Waals surface area (Å²) in [5.41, 5.74) is -1.06. The second kappa shape index (κ2) is 4.02. The SMILES string of the molecule is CC(C(=O)O)C1(O)CCCCC12CCCC2. The van der Waals surface area contributed by atoms with Crippen LogP contribution in [0.5, 0.6) is 0 Å². The van der Waals surface area contributed by atoms with Crippen LogP contribution in [0.25, 0.3) is 0 Å². The van der Waals surface area contributed by atoms with Crippen molar-refractivity contribution in [1.82, 2.24) is 0 Å². The van der Waals surface area contributed by atoms with Crippen LogP contribution < -0.4 is 0 Å². The van der Waals surface area contributed by atoms with Crippen LogP contribution in [0.3, 0.4) is 0 Å². The monoisotopic (exact) mass is 226 g/mol. The summed E-state index contributed by atoms with van der Waals surface area (Å²) in [6, 6.07) is 0. The van der Waals surface area contributed by atoms with Crippen molar-refractivity contribution in [3.05, 3.63) is 0 Å². The van der Waals surface area contributed by atoms with Crippen molar-refractivity contribution in [1.29, 1.82) is 0 Å². The van der Waals surface area contributed by atoms with Gasteiger partial charge in [0.2, 0.25) is 0 Å². The molecule has 92 valence electrons. The van der Waals surface area contributed by atoms with E-state index in [1.54, 1.807) is 6.92 Å². The van der Waals surface area contributed by atoms with Crippen LogP contribution in [0, 0.1) is 11.3 Å². The molecular weight excluding hydrogens is 204 g/mol. The molecule has 0 amide bonds. The first-order valence-electron chi connectivity index (χ1n) is 6.47. The molecule has 2 saturated carbocycles. The summed E-state index contributed by atoms with van der Waals surface area (Å²) in [7, 11) is 0. The molecule has 1 spiro atoms. The molecule has 0 aromatic carbocycles. The van der Waals surface area contributed by atoms with E-state index in [9.17, 15) is 15.0 Å². The Balaban J connectivity index is 2.30. The van der Waals surface area contributed by atoms with Crippen LogP contribution in [-0.2, 0) is 4.79 Å². The Bertz CT molecular complexity index is 281. The standard InChI is InChI=1S/C13H22O3/c1-10(11(14)15)13(16)9-5-4-8-12(13)6-2-3-7-12/h10,16H,2-9H2,1H3,(H,14,15). The van der Waals surface area contributed by atoms with Gasteiger partial charge in [0.1, 0.15) is 0 Å². The van der Waals surface area contributed by atoms with E-state index < -0.39 is 17.5 Å². The zero-order valence-electron chi connectivity index (χ0n) is 10.0. The van der Waals surface area contributed by atoms with E-state index in [-0.39, 0.29) is 5.41 Å². The zero-order chi connectivity index (χ0) is 11.8. The van der Waals surface area contributed by atoms with E-state index in [1.165, 1.54) is 0 Å². The molecule has 0 bridgehead atoms. The average molecular weight is 226 g/mol. The van der Waals surface area contributed by atoms with E-state index in [0.29, 0.717) is 6.42 Å². The van der Waals surface area contributed by atoms with Crippen LogP contribution in [0.2, 0.25) is 0 Å². The molecule has 2 atom stereocenters. The highest BCUT2D eigenvalue weighted by Gasteiger charge is 2.56. The Morgan fingerprint density at radius 3 is 1.94 bits per heavy atom. The van der Waals surface area contributed by atoms with Crippen LogP contribution in [0.1, 0.15) is 58.3 Å². The minimum Gasteiger partial charge on any atom is -0.481 e. The Labute approximate surface area is 96.9 Å². The lowest BCUT2D eigenvalue weighted by Crippen LogP contribution is -2.55. The lowest BCUT2D eigenvalue weighted by Gasteiger charge is -2.51. The van der Waals surface area contributed by atoms with Gasteiger partial charge in [0.05, 0.1) is 11.5 Å². The van der Waals surface area contributed by atoms with Gasteiger partial charge in [0.15, 0.2) is 0 Å². The zero-order valence-corrected chi connectivity index (χ0v) is 10.0. The second-order valence-corrected chi connectivity index (χ2v) is 5.68. The van der Waals surface area contributed by atoms with E-state index in [4.69, 9.17) is 0 Å². The molecule has 0 radical (unpaired) electrons. The fourth-order valence-corrected chi connectivity index (χ4v) is 3.95. The van der Waals surface area contributed by atoms with Gasteiger partial charge in [-0.1, -0.05) is 25.7 Å². The fraction of sp³-hybridized carbons (Fsp3) is 0.923. The van der Waals surface area contributed by atoms with Gasteiger partial charge < -0.3 is 10.2 Å². The fourth-order valence-electron chi connectivity index (χ4n) is 3.95. The highest BCUT2D eigenvalue weighted by atomic mass is 16.4. The van der Waals surface area contributed by atoms with Gasteiger partial charge in [-0.05, 0) is 38.0 Å². The quantitative estimate of drug-likeness (QED) is 0.760. The van der Waals surface area contributed by atoms with Crippen LogP contribution in [-0.4, -0.2) is 21.8 Å². The topological polar surface area (TPSA) is 57.5 Å². The summed E-state index contributed by atoms with van der Waals surface area (Å²) in [5, 5.41) is 20.1. The van der Waals surface area contributed by atoms with Gasteiger partial charge in [-0.2, -0.15) is 0 Å². The van der Waals surface area contributed by atoms with Crippen molar-refractivity contribution >= 4 is 5.97 Å². The summed E-state index contributed by atoms with van der Waals surface area (Å²) in [4.78, 5) is 11.2. The number of rotatable bonds is 2. The van der Waals surface area contributed by atoms with E-state index >= 15 is 0 Å². The number of carboxylic acid groups (broad SMARTS) is 1. The highest BCUT2D eigenvalue weighted by Crippen LogP contribution is 2.57. The summed E-state index contributed by atoms with van der Waals surface area (Å²) in [5.74, 6) is -1.48. The molecule has 16 heavy (non-hydrogen) atoms. The van der Waals surface area contributed by atoms with E-state index in [1.807, 2.05) is 0 Å². The van der Waals surface area contributed by atoms with Gasteiger partial charge in [-0.3, -0.25) is 4.79 Å². The van der Waals surface area contributed by atoms with Gasteiger partial charge >= 0.3 is 5.97 Å².